The molecule has 124 valence electrons. The summed E-state index contributed by atoms with van der Waals surface area (Å²) in [5.74, 6) is 0.281. The molecule has 0 aliphatic heterocycles. The van der Waals surface area contributed by atoms with Gasteiger partial charge < -0.3 is 4.74 Å². The number of hydrogen-bond donors (Lipinski definition) is 1. The smallest absolute Gasteiger partial charge is 0.278 e. The fraction of sp³-hybridized carbons (Fsp3) is 0.176. The number of amides is 1. The van der Waals surface area contributed by atoms with Crippen LogP contribution in [0.3, 0.4) is 0 Å². The van der Waals surface area contributed by atoms with Crippen LogP contribution in [0, 0.1) is 10.1 Å². The average Bonchev–Trinajstić information content (AvgIpc) is 2.60. The summed E-state index contributed by atoms with van der Waals surface area (Å²) in [5.41, 5.74) is 2.99. The molecule has 1 amide bonds. The molecule has 0 radical (unpaired) electrons. The minimum atomic E-state index is -0.502. The molecule has 0 atom stereocenters. The minimum absolute atomic E-state index is 0.0760. The number of nitro benzene ring substituents is 1. The van der Waals surface area contributed by atoms with Gasteiger partial charge in [0.05, 0.1) is 23.3 Å². The fourth-order valence-corrected chi connectivity index (χ4v) is 1.91. The van der Waals surface area contributed by atoms with Crippen molar-refractivity contribution in [1.82, 2.24) is 5.43 Å². The third kappa shape index (κ3) is 4.64. The fourth-order valence-electron chi connectivity index (χ4n) is 1.91. The zero-order chi connectivity index (χ0) is 17.4. The van der Waals surface area contributed by atoms with E-state index in [4.69, 9.17) is 4.74 Å². The first-order valence-electron chi connectivity index (χ1n) is 7.41. The molecule has 0 bridgehead atoms. The molecule has 7 heteroatoms. The summed E-state index contributed by atoms with van der Waals surface area (Å²) >= 11 is 0. The highest BCUT2D eigenvalue weighted by Crippen LogP contribution is 2.15. The van der Waals surface area contributed by atoms with Gasteiger partial charge in [0.15, 0.2) is 0 Å². The summed E-state index contributed by atoms with van der Waals surface area (Å²) in [4.78, 5) is 22.4. The maximum atomic E-state index is 12.0. The summed E-state index contributed by atoms with van der Waals surface area (Å²) in [6.07, 6.45) is 2.15. The van der Waals surface area contributed by atoms with Crippen molar-refractivity contribution >= 4 is 17.8 Å². The van der Waals surface area contributed by atoms with E-state index in [2.05, 4.69) is 10.5 Å². The molecule has 2 aromatic rings. The molecule has 0 aromatic heterocycles. The van der Waals surface area contributed by atoms with Crippen LogP contribution in [0.5, 0.6) is 5.75 Å². The highest BCUT2D eigenvalue weighted by atomic mass is 16.6. The Kier molecular flexibility index (Phi) is 6.01. The maximum Gasteiger partial charge on any atom is 0.278 e. The van der Waals surface area contributed by atoms with Crippen LogP contribution in [0.1, 0.15) is 29.3 Å². The Morgan fingerprint density at radius 2 is 1.96 bits per heavy atom. The molecule has 0 fully saturated rings. The predicted octanol–water partition coefficient (Wildman–Crippen LogP) is 3.15. The van der Waals surface area contributed by atoms with E-state index in [-0.39, 0.29) is 5.69 Å². The van der Waals surface area contributed by atoms with Crippen LogP contribution >= 0.6 is 0 Å². The molecular weight excluding hydrogens is 310 g/mol. The van der Waals surface area contributed by atoms with Gasteiger partial charge in [-0.15, -0.1) is 0 Å². The quantitative estimate of drug-likeness (QED) is 0.480. The number of carbonyl (C=O) groups is 1. The first-order chi connectivity index (χ1) is 11.6. The van der Waals surface area contributed by atoms with Crippen LogP contribution in [0.4, 0.5) is 5.69 Å². The van der Waals surface area contributed by atoms with Crippen LogP contribution < -0.4 is 10.2 Å². The van der Waals surface area contributed by atoms with E-state index in [1.54, 1.807) is 42.5 Å². The number of nitrogens with zero attached hydrogens (tertiary/aromatic N) is 2. The van der Waals surface area contributed by atoms with Gasteiger partial charge >= 0.3 is 0 Å². The van der Waals surface area contributed by atoms with Crippen LogP contribution in [-0.2, 0) is 0 Å². The van der Waals surface area contributed by atoms with Crippen LogP contribution in [0.15, 0.2) is 53.6 Å². The molecule has 7 nitrogen and oxygen atoms in total. The second-order valence-electron chi connectivity index (χ2n) is 4.89. The molecule has 0 spiro atoms. The summed E-state index contributed by atoms with van der Waals surface area (Å²) in [7, 11) is 0. The number of carbonyl (C=O) groups excluding carboxylic acids is 1. The highest BCUT2D eigenvalue weighted by Gasteiger charge is 2.10. The van der Waals surface area contributed by atoms with Crippen molar-refractivity contribution < 1.29 is 14.5 Å². The van der Waals surface area contributed by atoms with E-state index < -0.39 is 10.8 Å². The van der Waals surface area contributed by atoms with Crippen LogP contribution in [-0.4, -0.2) is 23.7 Å². The van der Waals surface area contributed by atoms with Gasteiger partial charge in [-0.2, -0.15) is 5.10 Å². The van der Waals surface area contributed by atoms with E-state index in [1.807, 2.05) is 6.92 Å². The molecular formula is C17H17N3O4. The van der Waals surface area contributed by atoms with Gasteiger partial charge in [-0.05, 0) is 36.8 Å². The molecule has 2 aromatic carbocycles. The Balaban J connectivity index is 1.99. The number of nitro groups is 1. The molecule has 0 aliphatic carbocycles. The SMILES string of the molecule is CCCOc1ccc(C(=O)N/N=C/c2ccccc2[N+](=O)[O-])cc1. The lowest BCUT2D eigenvalue weighted by Gasteiger charge is -2.05. The third-order valence-electron chi connectivity index (χ3n) is 3.09. The van der Waals surface area contributed by atoms with Crippen molar-refractivity contribution in [2.24, 2.45) is 5.10 Å². The first-order valence-corrected chi connectivity index (χ1v) is 7.41. The summed E-state index contributed by atoms with van der Waals surface area (Å²) in [6, 6.07) is 12.8. The van der Waals surface area contributed by atoms with E-state index in [0.29, 0.717) is 23.5 Å². The second-order valence-corrected chi connectivity index (χ2v) is 4.89. The number of rotatable bonds is 7. The van der Waals surface area contributed by atoms with Gasteiger partial charge in [0.1, 0.15) is 5.75 Å². The Bertz CT molecular complexity index is 742. The van der Waals surface area contributed by atoms with Crippen molar-refractivity contribution in [2.45, 2.75) is 13.3 Å². The standard InChI is InChI=1S/C17H17N3O4/c1-2-11-24-15-9-7-13(8-10-15)17(21)19-18-12-14-5-3-4-6-16(14)20(22)23/h3-10,12H,2,11H2,1H3,(H,19,21)/b18-12+. The number of nitrogens with one attached hydrogen (secondary N) is 1. The van der Waals surface area contributed by atoms with Crippen molar-refractivity contribution in [1.29, 1.82) is 0 Å². The lowest BCUT2D eigenvalue weighted by molar-refractivity contribution is -0.385. The Morgan fingerprint density at radius 3 is 2.62 bits per heavy atom. The van der Waals surface area contributed by atoms with Crippen molar-refractivity contribution in [3.8, 4) is 5.75 Å². The van der Waals surface area contributed by atoms with Gasteiger partial charge in [0, 0.05) is 11.6 Å². The molecule has 2 rings (SSSR count). The van der Waals surface area contributed by atoms with Gasteiger partial charge in [-0.25, -0.2) is 5.43 Å². The number of ether oxygens (including phenoxy) is 1. The van der Waals surface area contributed by atoms with Crippen molar-refractivity contribution in [3.63, 3.8) is 0 Å². The highest BCUT2D eigenvalue weighted by molar-refractivity contribution is 5.95. The second kappa shape index (κ2) is 8.42. The largest absolute Gasteiger partial charge is 0.494 e. The van der Waals surface area contributed by atoms with Crippen LogP contribution in [0.2, 0.25) is 0 Å². The number of hydrazone groups is 1. The van der Waals surface area contributed by atoms with Crippen molar-refractivity contribution in [3.05, 3.63) is 69.8 Å². The molecule has 0 saturated carbocycles. The maximum absolute atomic E-state index is 12.0. The van der Waals surface area contributed by atoms with E-state index in [1.165, 1.54) is 12.3 Å². The van der Waals surface area contributed by atoms with Crippen molar-refractivity contribution in [2.75, 3.05) is 6.61 Å². The Labute approximate surface area is 139 Å². The molecule has 0 heterocycles. The van der Waals surface area contributed by atoms with Gasteiger partial charge in [-0.1, -0.05) is 19.1 Å². The third-order valence-corrected chi connectivity index (χ3v) is 3.09. The molecule has 0 unspecified atom stereocenters. The molecule has 0 saturated heterocycles. The topological polar surface area (TPSA) is 93.8 Å². The number of hydrogen-bond acceptors (Lipinski definition) is 5. The monoisotopic (exact) mass is 327 g/mol. The summed E-state index contributed by atoms with van der Waals surface area (Å²) < 4.78 is 5.44. The average molecular weight is 327 g/mol. The van der Waals surface area contributed by atoms with Gasteiger partial charge in [0.25, 0.3) is 11.6 Å². The zero-order valence-corrected chi connectivity index (χ0v) is 13.1. The number of para-hydroxylation sites is 1. The normalized spacial score (nSPS) is 10.5. The number of benzene rings is 2. The van der Waals surface area contributed by atoms with Gasteiger partial charge in [-0.3, -0.25) is 14.9 Å². The first kappa shape index (κ1) is 17.1. The lowest BCUT2D eigenvalue weighted by Crippen LogP contribution is -2.17. The van der Waals surface area contributed by atoms with Crippen LogP contribution in [0.25, 0.3) is 0 Å². The van der Waals surface area contributed by atoms with E-state index >= 15 is 0 Å². The molecule has 0 aliphatic rings. The zero-order valence-electron chi connectivity index (χ0n) is 13.1. The Morgan fingerprint density at radius 1 is 1.25 bits per heavy atom. The lowest BCUT2D eigenvalue weighted by atomic mass is 10.2. The minimum Gasteiger partial charge on any atom is -0.494 e. The summed E-state index contributed by atoms with van der Waals surface area (Å²) in [5, 5.41) is 14.7. The Hall–Kier alpha value is -3.22. The van der Waals surface area contributed by atoms with E-state index in [0.717, 1.165) is 6.42 Å². The molecule has 1 N–H and O–H groups in total. The summed E-state index contributed by atoms with van der Waals surface area (Å²) in [6.45, 7) is 2.63. The van der Waals surface area contributed by atoms with Gasteiger partial charge in [0.2, 0.25) is 0 Å². The molecule has 24 heavy (non-hydrogen) atoms. The predicted molar refractivity (Wildman–Crippen MR) is 90.4 cm³/mol. The van der Waals surface area contributed by atoms with E-state index in [9.17, 15) is 14.9 Å².